The highest BCUT2D eigenvalue weighted by Crippen LogP contribution is 2.05. The summed E-state index contributed by atoms with van der Waals surface area (Å²) >= 11 is 0. The van der Waals surface area contributed by atoms with E-state index >= 15 is 0 Å². The van der Waals surface area contributed by atoms with Crippen LogP contribution in [0.3, 0.4) is 0 Å². The predicted molar refractivity (Wildman–Crippen MR) is 120 cm³/mol. The maximum absolute atomic E-state index is 4.68. The van der Waals surface area contributed by atoms with Crippen LogP contribution in [0.2, 0.25) is 0 Å². The summed E-state index contributed by atoms with van der Waals surface area (Å²) in [5.41, 5.74) is 0.847. The van der Waals surface area contributed by atoms with Crippen molar-refractivity contribution in [1.82, 2.24) is 35.0 Å². The average molecular weight is 486 g/mol. The van der Waals surface area contributed by atoms with Gasteiger partial charge in [-0.05, 0) is 33.0 Å². The minimum absolute atomic E-state index is 0. The molecule has 8 nitrogen and oxygen atoms in total. The summed E-state index contributed by atoms with van der Waals surface area (Å²) in [6, 6.07) is 6.36. The quantitative estimate of drug-likeness (QED) is 0.361. The van der Waals surface area contributed by atoms with Crippen LogP contribution in [-0.2, 0) is 6.54 Å². The molecule has 1 atom stereocenters. The second kappa shape index (κ2) is 10.8. The molecule has 0 spiro atoms. The van der Waals surface area contributed by atoms with Crippen molar-refractivity contribution in [2.75, 3.05) is 46.3 Å². The van der Waals surface area contributed by atoms with Gasteiger partial charge in [-0.15, -0.1) is 34.2 Å². The molecular formula is C18H31IN8. The topological polar surface area (TPSA) is 73.1 Å². The summed E-state index contributed by atoms with van der Waals surface area (Å²) in [6.07, 6.45) is 1.97. The number of fused-ring (bicyclic) bond motifs is 1. The van der Waals surface area contributed by atoms with E-state index in [2.05, 4.69) is 56.5 Å². The van der Waals surface area contributed by atoms with E-state index in [0.29, 0.717) is 12.6 Å². The normalized spacial score (nSPS) is 17.5. The molecule has 2 N–H and O–H groups in total. The Kier molecular flexibility index (Phi) is 8.71. The van der Waals surface area contributed by atoms with Crippen molar-refractivity contribution in [2.24, 2.45) is 4.99 Å². The first kappa shape index (κ1) is 21.8. The standard InChI is InChI=1S/C18H30N8.HI/c1-4-19-18(20-13-15(2)25-11-9-24(3)10-12-25)21-14-17-23-22-16-7-5-6-8-26(16)17;/h5-8,15H,4,9-14H2,1-3H3,(H2,19,20,21);1H. The molecule has 1 saturated heterocycles. The van der Waals surface area contributed by atoms with E-state index in [0.717, 1.165) is 56.7 Å². The Morgan fingerprint density at radius 3 is 2.70 bits per heavy atom. The second-order valence-electron chi connectivity index (χ2n) is 6.81. The van der Waals surface area contributed by atoms with Gasteiger partial charge in [0.25, 0.3) is 0 Å². The maximum atomic E-state index is 4.68. The van der Waals surface area contributed by atoms with Crippen molar-refractivity contribution < 1.29 is 0 Å². The molecule has 0 bridgehead atoms. The molecule has 0 aromatic carbocycles. The van der Waals surface area contributed by atoms with Gasteiger partial charge in [-0.25, -0.2) is 4.99 Å². The van der Waals surface area contributed by atoms with Gasteiger partial charge in [0.15, 0.2) is 17.4 Å². The van der Waals surface area contributed by atoms with Gasteiger partial charge in [-0.3, -0.25) is 9.30 Å². The third-order valence-electron chi connectivity index (χ3n) is 4.83. The summed E-state index contributed by atoms with van der Waals surface area (Å²) in [6.45, 7) is 11.1. The lowest BCUT2D eigenvalue weighted by molar-refractivity contribution is 0.120. The zero-order valence-corrected chi connectivity index (χ0v) is 18.8. The van der Waals surface area contributed by atoms with Gasteiger partial charge in [-0.2, -0.15) is 0 Å². The third kappa shape index (κ3) is 6.01. The van der Waals surface area contributed by atoms with Crippen LogP contribution in [0.5, 0.6) is 0 Å². The molecule has 9 heteroatoms. The Morgan fingerprint density at radius 2 is 1.96 bits per heavy atom. The van der Waals surface area contributed by atoms with Crippen LogP contribution in [0.1, 0.15) is 19.7 Å². The maximum Gasteiger partial charge on any atom is 0.191 e. The fourth-order valence-electron chi connectivity index (χ4n) is 3.13. The van der Waals surface area contributed by atoms with Crippen molar-refractivity contribution in [3.63, 3.8) is 0 Å². The summed E-state index contributed by atoms with van der Waals surface area (Å²) in [5.74, 6) is 1.66. The van der Waals surface area contributed by atoms with Crippen molar-refractivity contribution >= 4 is 35.6 Å². The highest BCUT2D eigenvalue weighted by atomic mass is 127. The first-order chi connectivity index (χ1) is 12.7. The van der Waals surface area contributed by atoms with E-state index < -0.39 is 0 Å². The number of nitrogens with zero attached hydrogens (tertiary/aromatic N) is 6. The SMILES string of the molecule is CCNC(=NCc1nnc2ccccn12)NCC(C)N1CCN(C)CC1.I. The fraction of sp³-hybridized carbons (Fsp3) is 0.611. The summed E-state index contributed by atoms with van der Waals surface area (Å²) < 4.78 is 1.97. The van der Waals surface area contributed by atoms with Crippen LogP contribution in [0.15, 0.2) is 29.4 Å². The monoisotopic (exact) mass is 486 g/mol. The highest BCUT2D eigenvalue weighted by molar-refractivity contribution is 14.0. The number of pyridine rings is 1. The van der Waals surface area contributed by atoms with Crippen LogP contribution in [0, 0.1) is 0 Å². The van der Waals surface area contributed by atoms with Gasteiger partial charge in [0.05, 0.1) is 0 Å². The summed E-state index contributed by atoms with van der Waals surface area (Å²) in [5, 5.41) is 15.2. The molecule has 1 aliphatic rings. The number of aromatic nitrogens is 3. The van der Waals surface area contributed by atoms with Crippen LogP contribution in [0.4, 0.5) is 0 Å². The van der Waals surface area contributed by atoms with Crippen molar-refractivity contribution in [3.8, 4) is 0 Å². The molecule has 0 aliphatic carbocycles. The largest absolute Gasteiger partial charge is 0.357 e. The minimum atomic E-state index is 0. The number of piperazine rings is 1. The Labute approximate surface area is 178 Å². The number of halogens is 1. The number of rotatable bonds is 6. The van der Waals surface area contributed by atoms with Crippen LogP contribution >= 0.6 is 24.0 Å². The Morgan fingerprint density at radius 1 is 1.19 bits per heavy atom. The molecule has 150 valence electrons. The van der Waals surface area contributed by atoms with Gasteiger partial charge in [0.2, 0.25) is 0 Å². The smallest absolute Gasteiger partial charge is 0.191 e. The predicted octanol–water partition coefficient (Wildman–Crippen LogP) is 1.04. The zero-order chi connectivity index (χ0) is 18.4. The average Bonchev–Trinajstić information content (AvgIpc) is 3.07. The van der Waals surface area contributed by atoms with E-state index in [-0.39, 0.29) is 24.0 Å². The zero-order valence-electron chi connectivity index (χ0n) is 16.4. The molecule has 2 aromatic rings. The summed E-state index contributed by atoms with van der Waals surface area (Å²) in [7, 11) is 2.18. The van der Waals surface area contributed by atoms with Gasteiger partial charge in [-0.1, -0.05) is 6.07 Å². The van der Waals surface area contributed by atoms with E-state index in [1.165, 1.54) is 0 Å². The first-order valence-electron chi connectivity index (χ1n) is 9.40. The fourth-order valence-corrected chi connectivity index (χ4v) is 3.13. The van der Waals surface area contributed by atoms with Gasteiger partial charge < -0.3 is 15.5 Å². The number of likely N-dealkylation sites (N-methyl/N-ethyl adjacent to an activating group) is 1. The summed E-state index contributed by atoms with van der Waals surface area (Å²) in [4.78, 5) is 9.59. The number of hydrogen-bond donors (Lipinski definition) is 2. The highest BCUT2D eigenvalue weighted by Gasteiger charge is 2.19. The van der Waals surface area contributed by atoms with Crippen LogP contribution < -0.4 is 10.6 Å². The van der Waals surface area contributed by atoms with E-state index in [1.54, 1.807) is 0 Å². The van der Waals surface area contributed by atoms with Crippen LogP contribution in [-0.4, -0.2) is 82.7 Å². The van der Waals surface area contributed by atoms with Crippen molar-refractivity contribution in [2.45, 2.75) is 26.4 Å². The minimum Gasteiger partial charge on any atom is -0.357 e. The third-order valence-corrected chi connectivity index (χ3v) is 4.83. The van der Waals surface area contributed by atoms with E-state index in [9.17, 15) is 0 Å². The lowest BCUT2D eigenvalue weighted by Crippen LogP contribution is -2.52. The molecule has 0 saturated carbocycles. The van der Waals surface area contributed by atoms with Crippen molar-refractivity contribution in [3.05, 3.63) is 30.2 Å². The van der Waals surface area contributed by atoms with Gasteiger partial charge >= 0.3 is 0 Å². The molecule has 3 heterocycles. The lowest BCUT2D eigenvalue weighted by atomic mass is 10.2. The molecule has 3 rings (SSSR count). The molecular weight excluding hydrogens is 455 g/mol. The van der Waals surface area contributed by atoms with Crippen molar-refractivity contribution in [1.29, 1.82) is 0 Å². The van der Waals surface area contributed by atoms with E-state index in [1.807, 2.05) is 28.8 Å². The Bertz CT molecular complexity index is 723. The van der Waals surface area contributed by atoms with E-state index in [4.69, 9.17) is 0 Å². The number of guanidine groups is 1. The van der Waals surface area contributed by atoms with Gasteiger partial charge in [0, 0.05) is 51.5 Å². The van der Waals surface area contributed by atoms with Gasteiger partial charge in [0.1, 0.15) is 6.54 Å². The molecule has 27 heavy (non-hydrogen) atoms. The molecule has 1 fully saturated rings. The molecule has 1 unspecified atom stereocenters. The molecule has 2 aromatic heterocycles. The lowest BCUT2D eigenvalue weighted by Gasteiger charge is -2.36. The number of aliphatic imine (C=N–C) groups is 1. The second-order valence-corrected chi connectivity index (χ2v) is 6.81. The van der Waals surface area contributed by atoms with Crippen LogP contribution in [0.25, 0.3) is 5.65 Å². The first-order valence-corrected chi connectivity index (χ1v) is 9.40. The number of hydrogen-bond acceptors (Lipinski definition) is 5. The Balaban J connectivity index is 0.00000261. The number of nitrogens with one attached hydrogen (secondary N) is 2. The molecule has 0 radical (unpaired) electrons. The Hall–Kier alpha value is -1.46. The molecule has 1 aliphatic heterocycles. The molecule has 0 amide bonds.